The van der Waals surface area contributed by atoms with Gasteiger partial charge in [0.05, 0.1) is 6.61 Å². The van der Waals surface area contributed by atoms with Gasteiger partial charge in [0.1, 0.15) is 0 Å². The highest BCUT2D eigenvalue weighted by atomic mass is 19.1. The molecule has 1 N–H and O–H groups in total. The zero-order valence-electron chi connectivity index (χ0n) is 11.5. The summed E-state index contributed by atoms with van der Waals surface area (Å²) in [6.07, 6.45) is 0. The molecule has 0 saturated carbocycles. The smallest absolute Gasteiger partial charge is 0.330 e. The van der Waals surface area contributed by atoms with E-state index < -0.39 is 5.82 Å². The number of nitrogens with zero attached hydrogens (tertiary/aromatic N) is 3. The number of halogens is 1. The Morgan fingerprint density at radius 2 is 1.95 bits per heavy atom. The molecular weight excluding hydrogens is 263 g/mol. The van der Waals surface area contributed by atoms with Crippen LogP contribution in [0.2, 0.25) is 0 Å². The van der Waals surface area contributed by atoms with Crippen molar-refractivity contribution in [2.45, 2.75) is 13.8 Å². The lowest BCUT2D eigenvalue weighted by molar-refractivity contribution is 0.302. The van der Waals surface area contributed by atoms with Crippen LogP contribution >= 0.6 is 0 Å². The van der Waals surface area contributed by atoms with E-state index in [1.807, 2.05) is 13.8 Å². The minimum Gasteiger partial charge on any atom is -0.464 e. The average Bonchev–Trinajstić information content (AvgIpc) is 2.43. The largest absolute Gasteiger partial charge is 0.464 e. The Bertz CT molecular complexity index is 607. The first-order chi connectivity index (χ1) is 9.62. The van der Waals surface area contributed by atoms with Gasteiger partial charge in [0.2, 0.25) is 5.95 Å². The molecule has 0 aliphatic carbocycles. The third-order valence-electron chi connectivity index (χ3n) is 2.38. The number of benzene rings is 1. The van der Waals surface area contributed by atoms with Crippen LogP contribution in [0.15, 0.2) is 18.2 Å². The van der Waals surface area contributed by atoms with Crippen LogP contribution in [0.1, 0.15) is 12.5 Å². The second-order valence-corrected chi connectivity index (χ2v) is 3.94. The monoisotopic (exact) mass is 278 g/mol. The zero-order chi connectivity index (χ0) is 14.5. The second kappa shape index (κ2) is 6.14. The second-order valence-electron chi connectivity index (χ2n) is 3.94. The Morgan fingerprint density at radius 3 is 2.65 bits per heavy atom. The maximum Gasteiger partial charge on any atom is 0.330 e. The van der Waals surface area contributed by atoms with Crippen molar-refractivity contribution in [1.29, 1.82) is 0 Å². The van der Waals surface area contributed by atoms with Crippen LogP contribution in [-0.4, -0.2) is 28.6 Å². The fourth-order valence-corrected chi connectivity index (χ4v) is 1.48. The number of anilines is 1. The van der Waals surface area contributed by atoms with Gasteiger partial charge in [-0.25, -0.2) is 4.39 Å². The molecule has 1 aromatic carbocycles. The molecule has 0 unspecified atom stereocenters. The molecule has 0 aliphatic rings. The Labute approximate surface area is 116 Å². The summed E-state index contributed by atoms with van der Waals surface area (Å²) in [5.74, 6) is -0.146. The van der Waals surface area contributed by atoms with E-state index in [0.717, 1.165) is 5.56 Å². The van der Waals surface area contributed by atoms with Gasteiger partial charge >= 0.3 is 12.0 Å². The highest BCUT2D eigenvalue weighted by Crippen LogP contribution is 2.24. The standard InChI is InChI=1S/C13H15FN4O2/c1-4-19-12-16-11(15-3)17-13(18-12)20-10-7-8(2)5-6-9(10)14/h5-7H,4H2,1-3H3,(H,15,16,17,18). The van der Waals surface area contributed by atoms with E-state index in [1.54, 1.807) is 19.2 Å². The summed E-state index contributed by atoms with van der Waals surface area (Å²) < 4.78 is 24.2. The summed E-state index contributed by atoms with van der Waals surface area (Å²) in [5.41, 5.74) is 0.870. The predicted molar refractivity (Wildman–Crippen MR) is 71.8 cm³/mol. The molecule has 2 rings (SSSR count). The van der Waals surface area contributed by atoms with E-state index in [1.165, 1.54) is 6.07 Å². The molecule has 0 fully saturated rings. The lowest BCUT2D eigenvalue weighted by atomic mass is 10.2. The summed E-state index contributed by atoms with van der Waals surface area (Å²) in [7, 11) is 1.65. The lowest BCUT2D eigenvalue weighted by Gasteiger charge is -2.08. The average molecular weight is 278 g/mol. The fraction of sp³-hybridized carbons (Fsp3) is 0.308. The summed E-state index contributed by atoms with van der Waals surface area (Å²) in [4.78, 5) is 12.0. The zero-order valence-corrected chi connectivity index (χ0v) is 11.5. The molecule has 0 radical (unpaired) electrons. The Kier molecular flexibility index (Phi) is 4.29. The molecule has 0 aliphatic heterocycles. The molecule has 2 aromatic rings. The number of hydrogen-bond donors (Lipinski definition) is 1. The van der Waals surface area contributed by atoms with Gasteiger partial charge in [0, 0.05) is 7.05 Å². The molecule has 6 nitrogen and oxygen atoms in total. The van der Waals surface area contributed by atoms with Crippen molar-refractivity contribution in [2.24, 2.45) is 0 Å². The van der Waals surface area contributed by atoms with E-state index in [2.05, 4.69) is 20.3 Å². The van der Waals surface area contributed by atoms with E-state index in [9.17, 15) is 4.39 Å². The van der Waals surface area contributed by atoms with Crippen LogP contribution < -0.4 is 14.8 Å². The molecule has 0 amide bonds. The maximum atomic E-state index is 13.6. The third-order valence-corrected chi connectivity index (χ3v) is 2.38. The Balaban J connectivity index is 2.32. The maximum absolute atomic E-state index is 13.6. The van der Waals surface area contributed by atoms with Crippen molar-refractivity contribution in [1.82, 2.24) is 15.0 Å². The normalized spacial score (nSPS) is 10.2. The van der Waals surface area contributed by atoms with Crippen molar-refractivity contribution >= 4 is 5.95 Å². The summed E-state index contributed by atoms with van der Waals surface area (Å²) >= 11 is 0. The fourth-order valence-electron chi connectivity index (χ4n) is 1.48. The van der Waals surface area contributed by atoms with E-state index in [-0.39, 0.29) is 23.7 Å². The molecule has 1 aromatic heterocycles. The van der Waals surface area contributed by atoms with Crippen molar-refractivity contribution < 1.29 is 13.9 Å². The predicted octanol–water partition coefficient (Wildman–Crippen LogP) is 2.55. The molecule has 0 atom stereocenters. The number of aromatic nitrogens is 3. The Hall–Kier alpha value is -2.44. The lowest BCUT2D eigenvalue weighted by Crippen LogP contribution is -2.05. The van der Waals surface area contributed by atoms with E-state index in [0.29, 0.717) is 6.61 Å². The summed E-state index contributed by atoms with van der Waals surface area (Å²) in [5, 5.41) is 2.76. The minimum atomic E-state index is -0.486. The van der Waals surface area contributed by atoms with Crippen LogP contribution in [0.3, 0.4) is 0 Å². The first-order valence-electron chi connectivity index (χ1n) is 6.13. The number of hydrogen-bond acceptors (Lipinski definition) is 6. The number of ether oxygens (including phenoxy) is 2. The van der Waals surface area contributed by atoms with Gasteiger partial charge in [0.15, 0.2) is 11.6 Å². The van der Waals surface area contributed by atoms with Gasteiger partial charge in [-0.3, -0.25) is 0 Å². The highest BCUT2D eigenvalue weighted by Gasteiger charge is 2.11. The SMILES string of the molecule is CCOc1nc(NC)nc(Oc2cc(C)ccc2F)n1. The first-order valence-corrected chi connectivity index (χ1v) is 6.13. The topological polar surface area (TPSA) is 69.2 Å². The first kappa shape index (κ1) is 14.0. The van der Waals surface area contributed by atoms with Crippen LogP contribution in [0.4, 0.5) is 10.3 Å². The minimum absolute atomic E-state index is 0.0303. The molecule has 0 bridgehead atoms. The van der Waals surface area contributed by atoms with Gasteiger partial charge in [-0.15, -0.1) is 4.98 Å². The molecule has 106 valence electrons. The van der Waals surface area contributed by atoms with Crippen molar-refractivity contribution in [3.63, 3.8) is 0 Å². The summed E-state index contributed by atoms with van der Waals surface area (Å²) in [6, 6.07) is 4.64. The molecular formula is C13H15FN4O2. The molecule has 0 saturated heterocycles. The summed E-state index contributed by atoms with van der Waals surface area (Å²) in [6.45, 7) is 4.05. The van der Waals surface area contributed by atoms with Gasteiger partial charge < -0.3 is 14.8 Å². The van der Waals surface area contributed by atoms with Gasteiger partial charge in [-0.2, -0.15) is 9.97 Å². The van der Waals surface area contributed by atoms with Crippen molar-refractivity contribution in [3.8, 4) is 17.8 Å². The van der Waals surface area contributed by atoms with E-state index in [4.69, 9.17) is 9.47 Å². The molecule has 0 spiro atoms. The molecule has 7 heteroatoms. The Morgan fingerprint density at radius 1 is 1.20 bits per heavy atom. The van der Waals surface area contributed by atoms with Crippen LogP contribution in [0.25, 0.3) is 0 Å². The van der Waals surface area contributed by atoms with E-state index >= 15 is 0 Å². The quantitative estimate of drug-likeness (QED) is 0.906. The third kappa shape index (κ3) is 3.31. The van der Waals surface area contributed by atoms with Crippen LogP contribution in [0.5, 0.6) is 17.8 Å². The van der Waals surface area contributed by atoms with Crippen LogP contribution in [0, 0.1) is 12.7 Å². The van der Waals surface area contributed by atoms with Crippen LogP contribution in [-0.2, 0) is 0 Å². The molecule has 20 heavy (non-hydrogen) atoms. The van der Waals surface area contributed by atoms with Crippen molar-refractivity contribution in [3.05, 3.63) is 29.6 Å². The van der Waals surface area contributed by atoms with Crippen molar-refractivity contribution in [2.75, 3.05) is 19.0 Å². The number of rotatable bonds is 5. The van der Waals surface area contributed by atoms with Gasteiger partial charge in [-0.05, 0) is 31.5 Å². The van der Waals surface area contributed by atoms with Gasteiger partial charge in [0.25, 0.3) is 0 Å². The number of nitrogens with one attached hydrogen (secondary N) is 1. The number of aryl methyl sites for hydroxylation is 1. The molecule has 1 heterocycles. The highest BCUT2D eigenvalue weighted by molar-refractivity contribution is 5.33. The van der Waals surface area contributed by atoms with Gasteiger partial charge in [-0.1, -0.05) is 6.07 Å².